The molecule has 190 valence electrons. The molecule has 2 aliphatic heterocycles. The number of amides is 3. The highest BCUT2D eigenvalue weighted by Gasteiger charge is 2.31. The Morgan fingerprint density at radius 2 is 1.78 bits per heavy atom. The molecule has 2 heterocycles. The van der Waals surface area contributed by atoms with Gasteiger partial charge in [-0.25, -0.2) is 9.18 Å². The van der Waals surface area contributed by atoms with Crippen LogP contribution in [0, 0.1) is 25.2 Å². The number of aryl methyl sites for hydroxylation is 2. The molecule has 1 unspecified atom stereocenters. The second-order valence-electron chi connectivity index (χ2n) is 9.19. The molecule has 0 spiro atoms. The molecular weight excluding hydrogens is 475 g/mol. The Labute approximate surface area is 214 Å². The van der Waals surface area contributed by atoms with Gasteiger partial charge in [-0.05, 0) is 60.9 Å². The van der Waals surface area contributed by atoms with Crippen LogP contribution in [0.25, 0.3) is 0 Å². The average molecular weight is 503 g/mol. The summed E-state index contributed by atoms with van der Waals surface area (Å²) in [5.74, 6) is -0.456. The molecule has 8 nitrogen and oxygen atoms in total. The minimum absolute atomic E-state index is 0.0632. The predicted octanol–water partition coefficient (Wildman–Crippen LogP) is 4.69. The van der Waals surface area contributed by atoms with Crippen LogP contribution in [-0.4, -0.2) is 46.9 Å². The maximum atomic E-state index is 15.5. The third kappa shape index (κ3) is 5.54. The minimum Gasteiger partial charge on any atom is -0.444 e. The Morgan fingerprint density at radius 3 is 2.38 bits per heavy atom. The molecule has 1 saturated heterocycles. The number of benzene rings is 2. The van der Waals surface area contributed by atoms with Gasteiger partial charge in [-0.2, -0.15) is 5.26 Å². The Hall–Kier alpha value is -4.45. The molecule has 2 aromatic carbocycles. The van der Waals surface area contributed by atoms with E-state index in [4.69, 9.17) is 10.00 Å². The number of anilines is 1. The maximum absolute atomic E-state index is 15.5. The SMILES string of the molecule is CC(=O)N1CCC(OC(=O)Nc2cc(C(=O)N3C=CC(F)(c4ccc(C#N)cc4)C=C3)c(C)cc2C)C1. The van der Waals surface area contributed by atoms with Crippen LogP contribution in [0.2, 0.25) is 0 Å². The van der Waals surface area contributed by atoms with Crippen molar-refractivity contribution in [1.82, 2.24) is 9.80 Å². The smallest absolute Gasteiger partial charge is 0.411 e. The van der Waals surface area contributed by atoms with E-state index in [1.807, 2.05) is 6.07 Å². The number of likely N-dealkylation sites (tertiary alicyclic amines) is 1. The predicted molar refractivity (Wildman–Crippen MR) is 135 cm³/mol. The van der Waals surface area contributed by atoms with E-state index in [0.717, 1.165) is 5.56 Å². The summed E-state index contributed by atoms with van der Waals surface area (Å²) in [6, 6.07) is 11.5. The number of ether oxygens (including phenoxy) is 1. The van der Waals surface area contributed by atoms with Gasteiger partial charge in [-0.3, -0.25) is 19.8 Å². The zero-order chi connectivity index (χ0) is 26.7. The van der Waals surface area contributed by atoms with Gasteiger partial charge in [0.2, 0.25) is 5.91 Å². The Morgan fingerprint density at radius 1 is 1.11 bits per heavy atom. The second kappa shape index (κ2) is 10.3. The van der Waals surface area contributed by atoms with Crippen LogP contribution in [0.15, 0.2) is 61.0 Å². The largest absolute Gasteiger partial charge is 0.444 e. The van der Waals surface area contributed by atoms with E-state index in [0.29, 0.717) is 47.5 Å². The van der Waals surface area contributed by atoms with Crippen molar-refractivity contribution in [1.29, 1.82) is 5.26 Å². The first kappa shape index (κ1) is 25.6. The lowest BCUT2D eigenvalue weighted by atomic mass is 9.93. The fourth-order valence-corrected chi connectivity index (χ4v) is 4.37. The Bertz CT molecular complexity index is 1330. The van der Waals surface area contributed by atoms with Crippen molar-refractivity contribution in [3.63, 3.8) is 0 Å². The first-order valence-corrected chi connectivity index (χ1v) is 11.8. The van der Waals surface area contributed by atoms with Crippen molar-refractivity contribution >= 4 is 23.6 Å². The third-order valence-corrected chi connectivity index (χ3v) is 6.55. The van der Waals surface area contributed by atoms with Crippen LogP contribution in [0.4, 0.5) is 14.9 Å². The number of hydrogen-bond donors (Lipinski definition) is 1. The number of alkyl halides is 1. The van der Waals surface area contributed by atoms with Crippen LogP contribution in [0.3, 0.4) is 0 Å². The quantitative estimate of drug-likeness (QED) is 0.653. The molecule has 0 saturated carbocycles. The molecule has 1 atom stereocenters. The lowest BCUT2D eigenvalue weighted by Gasteiger charge is -2.26. The van der Waals surface area contributed by atoms with Crippen molar-refractivity contribution in [2.24, 2.45) is 0 Å². The molecule has 4 rings (SSSR count). The Balaban J connectivity index is 1.46. The van der Waals surface area contributed by atoms with E-state index in [2.05, 4.69) is 5.32 Å². The summed E-state index contributed by atoms with van der Waals surface area (Å²) in [5, 5.41) is 11.6. The number of carbonyl (C=O) groups excluding carboxylic acids is 3. The molecule has 0 bridgehead atoms. The topological polar surface area (TPSA) is 103 Å². The molecule has 1 fully saturated rings. The molecule has 1 N–H and O–H groups in total. The van der Waals surface area contributed by atoms with Gasteiger partial charge >= 0.3 is 6.09 Å². The van der Waals surface area contributed by atoms with Crippen molar-refractivity contribution in [2.45, 2.75) is 39.0 Å². The van der Waals surface area contributed by atoms with Gasteiger partial charge < -0.3 is 9.64 Å². The zero-order valence-corrected chi connectivity index (χ0v) is 20.8. The number of rotatable bonds is 4. The molecule has 2 aliphatic rings. The maximum Gasteiger partial charge on any atom is 0.411 e. The summed E-state index contributed by atoms with van der Waals surface area (Å²) in [4.78, 5) is 40.2. The zero-order valence-electron chi connectivity index (χ0n) is 20.8. The molecule has 0 radical (unpaired) electrons. The molecular formula is C28H27FN4O4. The first-order chi connectivity index (χ1) is 17.6. The third-order valence-electron chi connectivity index (χ3n) is 6.55. The molecule has 3 amide bonds. The highest BCUT2D eigenvalue weighted by atomic mass is 19.1. The number of halogens is 1. The number of nitrogens with zero attached hydrogens (tertiary/aromatic N) is 3. The van der Waals surface area contributed by atoms with Gasteiger partial charge in [0.25, 0.3) is 5.91 Å². The summed E-state index contributed by atoms with van der Waals surface area (Å²) in [7, 11) is 0. The second-order valence-corrected chi connectivity index (χ2v) is 9.19. The van der Waals surface area contributed by atoms with Gasteiger partial charge in [0.1, 0.15) is 6.10 Å². The van der Waals surface area contributed by atoms with Crippen LogP contribution in [0.1, 0.15) is 46.0 Å². The van der Waals surface area contributed by atoms with Crippen molar-refractivity contribution in [2.75, 3.05) is 18.4 Å². The van der Waals surface area contributed by atoms with Gasteiger partial charge in [0.15, 0.2) is 5.67 Å². The fraction of sp³-hybridized carbons (Fsp3) is 0.286. The molecule has 37 heavy (non-hydrogen) atoms. The highest BCUT2D eigenvalue weighted by Crippen LogP contribution is 2.33. The van der Waals surface area contributed by atoms with Gasteiger partial charge in [0, 0.05) is 43.5 Å². The minimum atomic E-state index is -1.91. The average Bonchev–Trinajstić information content (AvgIpc) is 3.34. The van der Waals surface area contributed by atoms with Crippen LogP contribution < -0.4 is 5.32 Å². The number of hydrogen-bond acceptors (Lipinski definition) is 5. The lowest BCUT2D eigenvalue weighted by Crippen LogP contribution is -2.30. The van der Waals surface area contributed by atoms with Gasteiger partial charge in [-0.15, -0.1) is 0 Å². The monoisotopic (exact) mass is 502 g/mol. The lowest BCUT2D eigenvalue weighted by molar-refractivity contribution is -0.128. The van der Waals surface area contributed by atoms with E-state index < -0.39 is 23.8 Å². The van der Waals surface area contributed by atoms with Crippen LogP contribution in [-0.2, 0) is 15.2 Å². The van der Waals surface area contributed by atoms with E-state index >= 15 is 4.39 Å². The van der Waals surface area contributed by atoms with E-state index in [1.54, 1.807) is 30.9 Å². The van der Waals surface area contributed by atoms with Crippen molar-refractivity contribution in [3.05, 3.63) is 88.8 Å². The molecule has 9 heteroatoms. The van der Waals surface area contributed by atoms with E-state index in [-0.39, 0.29) is 5.91 Å². The Kier molecular flexibility index (Phi) is 7.11. The highest BCUT2D eigenvalue weighted by molar-refractivity contribution is 5.99. The molecule has 0 aromatic heterocycles. The van der Waals surface area contributed by atoms with Crippen molar-refractivity contribution < 1.29 is 23.5 Å². The summed E-state index contributed by atoms with van der Waals surface area (Å²) >= 11 is 0. The van der Waals surface area contributed by atoms with Crippen LogP contribution >= 0.6 is 0 Å². The summed E-state index contributed by atoms with van der Waals surface area (Å²) in [5.41, 5.74) is 1.05. The number of carbonyl (C=O) groups is 3. The van der Waals surface area contributed by atoms with E-state index in [9.17, 15) is 14.4 Å². The van der Waals surface area contributed by atoms with Crippen LogP contribution in [0.5, 0.6) is 0 Å². The first-order valence-electron chi connectivity index (χ1n) is 11.8. The summed E-state index contributed by atoms with van der Waals surface area (Å²) in [6.45, 7) is 5.96. The number of allylic oxidation sites excluding steroid dienone is 2. The summed E-state index contributed by atoms with van der Waals surface area (Å²) in [6.07, 6.45) is 4.79. The number of nitriles is 1. The fourth-order valence-electron chi connectivity index (χ4n) is 4.37. The molecule has 0 aliphatic carbocycles. The number of nitrogens with one attached hydrogen (secondary N) is 1. The van der Waals surface area contributed by atoms with Gasteiger partial charge in [-0.1, -0.05) is 18.2 Å². The van der Waals surface area contributed by atoms with Gasteiger partial charge in [0.05, 0.1) is 18.2 Å². The van der Waals surface area contributed by atoms with Crippen molar-refractivity contribution in [3.8, 4) is 6.07 Å². The standard InChI is InChI=1S/C28H27FN4O4/c1-18-14-19(2)25(31-27(36)37-23-8-11-33(17-23)20(3)34)15-24(18)26(35)32-12-9-28(29,10-13-32)22-6-4-21(16-30)5-7-22/h4-7,9-10,12-15,23H,8,11,17H2,1-3H3,(H,31,36). The van der Waals surface area contributed by atoms with E-state index in [1.165, 1.54) is 60.6 Å². The normalized spacial score (nSPS) is 17.9. The summed E-state index contributed by atoms with van der Waals surface area (Å²) < 4.78 is 20.9. The molecule has 2 aromatic rings.